The third-order valence-corrected chi connectivity index (χ3v) is 3.03. The molecule has 0 fully saturated rings. The fraction of sp³-hybridized carbons (Fsp3) is 0.533. The van der Waals surface area contributed by atoms with Gasteiger partial charge in [0.25, 0.3) is 0 Å². The second-order valence-electron chi connectivity index (χ2n) is 4.88. The number of hydrogen-bond donors (Lipinski definition) is 1. The van der Waals surface area contributed by atoms with E-state index in [0.717, 1.165) is 0 Å². The van der Waals surface area contributed by atoms with Gasteiger partial charge >= 0.3 is 12.5 Å². The van der Waals surface area contributed by atoms with Gasteiger partial charge in [0.15, 0.2) is 11.5 Å². The molecule has 8 heteroatoms. The van der Waals surface area contributed by atoms with Gasteiger partial charge in [-0.2, -0.15) is 0 Å². The zero-order chi connectivity index (χ0) is 17.5. The Kier molecular flexibility index (Phi) is 6.99. The molecule has 0 unspecified atom stereocenters. The standard InChI is InChI=1S/C15H20F3NO4/c1-10-8-11(6-4-5-7-19-14(20)22-3)13(21-2)12(9-10)23-15(16,17)18/h8-9H,4-7H2,1-3H3,(H,19,20). The number of carbonyl (C=O) groups is 1. The molecule has 0 bridgehead atoms. The van der Waals surface area contributed by atoms with Crippen molar-refractivity contribution in [3.63, 3.8) is 0 Å². The van der Waals surface area contributed by atoms with Crippen LogP contribution in [0.5, 0.6) is 11.5 Å². The molecule has 0 aliphatic rings. The molecule has 1 rings (SSSR count). The van der Waals surface area contributed by atoms with Crippen LogP contribution in [0, 0.1) is 6.92 Å². The lowest BCUT2D eigenvalue weighted by atomic mass is 10.0. The molecule has 1 N–H and O–H groups in total. The van der Waals surface area contributed by atoms with Crippen molar-refractivity contribution < 1.29 is 32.2 Å². The molecule has 0 heterocycles. The van der Waals surface area contributed by atoms with E-state index in [1.165, 1.54) is 20.3 Å². The molecule has 5 nitrogen and oxygen atoms in total. The number of hydrogen-bond acceptors (Lipinski definition) is 4. The number of benzene rings is 1. The molecule has 1 aromatic carbocycles. The van der Waals surface area contributed by atoms with Gasteiger partial charge in [-0.25, -0.2) is 4.79 Å². The summed E-state index contributed by atoms with van der Waals surface area (Å²) in [5.74, 6) is -0.267. The number of rotatable bonds is 7. The van der Waals surface area contributed by atoms with E-state index < -0.39 is 12.5 Å². The Balaban J connectivity index is 2.72. The van der Waals surface area contributed by atoms with Crippen LogP contribution >= 0.6 is 0 Å². The highest BCUT2D eigenvalue weighted by atomic mass is 19.4. The molecule has 130 valence electrons. The first-order valence-electron chi connectivity index (χ1n) is 7.02. The zero-order valence-electron chi connectivity index (χ0n) is 13.3. The average molecular weight is 335 g/mol. The third-order valence-electron chi connectivity index (χ3n) is 3.03. The Morgan fingerprint density at radius 1 is 1.22 bits per heavy atom. The maximum absolute atomic E-state index is 12.5. The second kappa shape index (κ2) is 8.50. The van der Waals surface area contributed by atoms with Crippen LogP contribution in [0.15, 0.2) is 12.1 Å². The number of ether oxygens (including phenoxy) is 3. The topological polar surface area (TPSA) is 56.8 Å². The van der Waals surface area contributed by atoms with Crippen LogP contribution in [0.3, 0.4) is 0 Å². The minimum Gasteiger partial charge on any atom is -0.493 e. The molecule has 0 aliphatic heterocycles. The van der Waals surface area contributed by atoms with Crippen molar-refractivity contribution >= 4 is 6.09 Å². The van der Waals surface area contributed by atoms with Crippen molar-refractivity contribution in [2.45, 2.75) is 32.5 Å². The summed E-state index contributed by atoms with van der Waals surface area (Å²) < 4.78 is 50.9. The van der Waals surface area contributed by atoms with Crippen LogP contribution in [0.1, 0.15) is 24.0 Å². The second-order valence-corrected chi connectivity index (χ2v) is 4.88. The molecule has 0 aliphatic carbocycles. The monoisotopic (exact) mass is 335 g/mol. The van der Waals surface area contributed by atoms with Crippen LogP contribution < -0.4 is 14.8 Å². The number of unbranched alkanes of at least 4 members (excludes halogenated alkanes) is 1. The lowest BCUT2D eigenvalue weighted by Gasteiger charge is -2.16. The first-order valence-corrected chi connectivity index (χ1v) is 7.02. The Bertz CT molecular complexity index is 532. The van der Waals surface area contributed by atoms with Crippen LogP contribution in [-0.2, 0) is 11.2 Å². The van der Waals surface area contributed by atoms with Crippen molar-refractivity contribution in [1.29, 1.82) is 0 Å². The highest BCUT2D eigenvalue weighted by molar-refractivity contribution is 5.66. The summed E-state index contributed by atoms with van der Waals surface area (Å²) in [5.41, 5.74) is 1.28. The van der Waals surface area contributed by atoms with Gasteiger partial charge in [0, 0.05) is 6.54 Å². The highest BCUT2D eigenvalue weighted by Crippen LogP contribution is 2.36. The van der Waals surface area contributed by atoms with E-state index in [1.54, 1.807) is 13.0 Å². The molecule has 1 amide bonds. The van der Waals surface area contributed by atoms with Gasteiger partial charge in [-0.05, 0) is 43.4 Å². The summed E-state index contributed by atoms with van der Waals surface area (Å²) in [7, 11) is 2.57. The van der Waals surface area contributed by atoms with E-state index in [-0.39, 0.29) is 11.5 Å². The highest BCUT2D eigenvalue weighted by Gasteiger charge is 2.33. The lowest BCUT2D eigenvalue weighted by molar-refractivity contribution is -0.275. The van der Waals surface area contributed by atoms with Gasteiger partial charge in [-0.1, -0.05) is 6.07 Å². The number of halogens is 3. The predicted molar refractivity (Wildman–Crippen MR) is 77.8 cm³/mol. The fourth-order valence-corrected chi connectivity index (χ4v) is 2.13. The summed E-state index contributed by atoms with van der Waals surface area (Å²) in [6.07, 6.45) is -3.47. The van der Waals surface area contributed by atoms with E-state index in [1.807, 2.05) is 0 Å². The SMILES string of the molecule is COC(=O)NCCCCc1cc(C)cc(OC(F)(F)F)c1OC. The smallest absolute Gasteiger partial charge is 0.493 e. The summed E-state index contributed by atoms with van der Waals surface area (Å²) >= 11 is 0. The van der Waals surface area contributed by atoms with Gasteiger partial charge in [-0.3, -0.25) is 0 Å². The first-order chi connectivity index (χ1) is 10.8. The molecular weight excluding hydrogens is 315 g/mol. The van der Waals surface area contributed by atoms with Gasteiger partial charge in [-0.15, -0.1) is 13.2 Å². The maximum Gasteiger partial charge on any atom is 0.573 e. The maximum atomic E-state index is 12.5. The van der Waals surface area contributed by atoms with Crippen molar-refractivity contribution in [1.82, 2.24) is 5.32 Å². The van der Waals surface area contributed by atoms with Crippen molar-refractivity contribution in [3.8, 4) is 11.5 Å². The Hall–Kier alpha value is -2.12. The molecule has 0 aromatic heterocycles. The van der Waals surface area contributed by atoms with Crippen LogP contribution in [0.25, 0.3) is 0 Å². The molecular formula is C15H20F3NO4. The largest absolute Gasteiger partial charge is 0.573 e. The van der Waals surface area contributed by atoms with Gasteiger partial charge < -0.3 is 19.5 Å². The van der Waals surface area contributed by atoms with Crippen molar-refractivity contribution in [2.75, 3.05) is 20.8 Å². The summed E-state index contributed by atoms with van der Waals surface area (Å²) in [6, 6.07) is 3.05. The minimum atomic E-state index is -4.78. The van der Waals surface area contributed by atoms with E-state index >= 15 is 0 Å². The normalized spacial score (nSPS) is 11.0. The van der Waals surface area contributed by atoms with Crippen LogP contribution in [0.4, 0.5) is 18.0 Å². The zero-order valence-corrected chi connectivity index (χ0v) is 13.3. The molecule has 23 heavy (non-hydrogen) atoms. The molecule has 0 spiro atoms. The minimum absolute atomic E-state index is 0.0776. The number of methoxy groups -OCH3 is 2. The number of amides is 1. The molecule has 1 aromatic rings. The Morgan fingerprint density at radius 2 is 1.91 bits per heavy atom. The fourth-order valence-electron chi connectivity index (χ4n) is 2.13. The number of carbonyl (C=O) groups excluding carboxylic acids is 1. The molecule has 0 atom stereocenters. The van der Waals surface area contributed by atoms with E-state index in [4.69, 9.17) is 4.74 Å². The summed E-state index contributed by atoms with van der Waals surface area (Å²) in [4.78, 5) is 10.9. The molecule has 0 saturated heterocycles. The first kappa shape index (κ1) is 18.9. The molecule has 0 radical (unpaired) electrons. The van der Waals surface area contributed by atoms with Crippen LogP contribution in [0.2, 0.25) is 0 Å². The Labute approximate surface area is 132 Å². The summed E-state index contributed by atoms with van der Waals surface area (Å²) in [5, 5.41) is 2.54. The number of nitrogens with one attached hydrogen (secondary N) is 1. The van der Waals surface area contributed by atoms with E-state index in [9.17, 15) is 18.0 Å². The van der Waals surface area contributed by atoms with Gasteiger partial charge in [0.1, 0.15) is 0 Å². The van der Waals surface area contributed by atoms with E-state index in [2.05, 4.69) is 14.8 Å². The van der Waals surface area contributed by atoms with Crippen molar-refractivity contribution in [3.05, 3.63) is 23.3 Å². The van der Waals surface area contributed by atoms with Crippen molar-refractivity contribution in [2.24, 2.45) is 0 Å². The van der Waals surface area contributed by atoms with Gasteiger partial charge in [0.05, 0.1) is 14.2 Å². The van der Waals surface area contributed by atoms with Crippen LogP contribution in [-0.4, -0.2) is 33.2 Å². The number of alkyl carbamates (subject to hydrolysis) is 1. The Morgan fingerprint density at radius 3 is 2.48 bits per heavy atom. The van der Waals surface area contributed by atoms with Gasteiger partial charge in [0.2, 0.25) is 0 Å². The van der Waals surface area contributed by atoms with E-state index in [0.29, 0.717) is 36.9 Å². The number of alkyl halides is 3. The average Bonchev–Trinajstić information content (AvgIpc) is 2.44. The molecule has 0 saturated carbocycles. The predicted octanol–water partition coefficient (Wildman–Crippen LogP) is 3.58. The summed E-state index contributed by atoms with van der Waals surface area (Å²) in [6.45, 7) is 2.11. The number of aryl methyl sites for hydroxylation is 2. The lowest BCUT2D eigenvalue weighted by Crippen LogP contribution is -2.24. The quantitative estimate of drug-likeness (QED) is 0.774. The third kappa shape index (κ3) is 6.66.